The molecular formula is C24H29F3N4O3. The van der Waals surface area contributed by atoms with E-state index in [1.165, 1.54) is 12.1 Å². The second-order valence-corrected chi connectivity index (χ2v) is 9.52. The summed E-state index contributed by atoms with van der Waals surface area (Å²) in [6.45, 7) is 2.51. The summed E-state index contributed by atoms with van der Waals surface area (Å²) in [6, 6.07) is 5.31. The Kier molecular flexibility index (Phi) is 6.76. The predicted molar refractivity (Wildman–Crippen MR) is 118 cm³/mol. The van der Waals surface area contributed by atoms with E-state index in [0.717, 1.165) is 18.9 Å². The van der Waals surface area contributed by atoms with Gasteiger partial charge in [-0.1, -0.05) is 0 Å². The number of nitriles is 1. The Hall–Kier alpha value is -2.80. The zero-order valence-electron chi connectivity index (χ0n) is 19.2. The van der Waals surface area contributed by atoms with Crippen molar-refractivity contribution < 1.29 is 27.5 Å². The maximum atomic E-state index is 13.5. The summed E-state index contributed by atoms with van der Waals surface area (Å²) >= 11 is 0. The molecular weight excluding hydrogens is 449 g/mol. The van der Waals surface area contributed by atoms with Crippen LogP contribution in [0.3, 0.4) is 0 Å². The first-order valence-electron chi connectivity index (χ1n) is 11.6. The Balaban J connectivity index is 1.57. The molecule has 1 spiro atoms. The van der Waals surface area contributed by atoms with Gasteiger partial charge in [-0.15, -0.1) is 0 Å². The van der Waals surface area contributed by atoms with E-state index < -0.39 is 28.6 Å². The van der Waals surface area contributed by atoms with Crippen molar-refractivity contribution in [2.45, 2.75) is 31.9 Å². The predicted octanol–water partition coefficient (Wildman–Crippen LogP) is 2.79. The number of benzene rings is 1. The quantitative estimate of drug-likeness (QED) is 0.636. The molecule has 7 nitrogen and oxygen atoms in total. The zero-order chi connectivity index (χ0) is 24.5. The van der Waals surface area contributed by atoms with Gasteiger partial charge in [0.05, 0.1) is 29.7 Å². The molecule has 1 unspecified atom stereocenters. The number of carbonyl (C=O) groups excluding carboxylic acids is 2. The highest BCUT2D eigenvalue weighted by Crippen LogP contribution is 2.47. The third kappa shape index (κ3) is 4.85. The van der Waals surface area contributed by atoms with Crippen molar-refractivity contribution in [1.82, 2.24) is 10.2 Å². The minimum absolute atomic E-state index is 0.127. The maximum absolute atomic E-state index is 13.5. The van der Waals surface area contributed by atoms with Crippen LogP contribution in [-0.4, -0.2) is 63.2 Å². The highest BCUT2D eigenvalue weighted by molar-refractivity contribution is 5.82. The smallest absolute Gasteiger partial charge is 0.383 e. The molecule has 3 aliphatic rings. The number of ether oxygens (including phenoxy) is 1. The fourth-order valence-corrected chi connectivity index (χ4v) is 5.25. The highest BCUT2D eigenvalue weighted by Gasteiger charge is 2.52. The number of piperidine rings is 1. The molecule has 2 heterocycles. The lowest BCUT2D eigenvalue weighted by Gasteiger charge is -2.42. The first kappa shape index (κ1) is 24.3. The van der Waals surface area contributed by atoms with Crippen LogP contribution < -0.4 is 10.2 Å². The van der Waals surface area contributed by atoms with Crippen LogP contribution in [0.25, 0.3) is 0 Å². The highest BCUT2D eigenvalue weighted by atomic mass is 19.4. The fourth-order valence-electron chi connectivity index (χ4n) is 5.25. The van der Waals surface area contributed by atoms with Gasteiger partial charge in [-0.3, -0.25) is 9.59 Å². The minimum atomic E-state index is -4.65. The van der Waals surface area contributed by atoms with E-state index in [0.29, 0.717) is 51.3 Å². The van der Waals surface area contributed by atoms with Gasteiger partial charge in [0.1, 0.15) is 0 Å². The summed E-state index contributed by atoms with van der Waals surface area (Å²) in [5.74, 6) is -0.270. The van der Waals surface area contributed by atoms with Crippen molar-refractivity contribution in [3.05, 3.63) is 29.3 Å². The van der Waals surface area contributed by atoms with E-state index in [-0.39, 0.29) is 24.3 Å². The topological polar surface area (TPSA) is 85.7 Å². The monoisotopic (exact) mass is 478 g/mol. The van der Waals surface area contributed by atoms with Crippen LogP contribution in [0.15, 0.2) is 18.2 Å². The largest absolute Gasteiger partial charge is 0.417 e. The average Bonchev–Trinajstić information content (AvgIpc) is 3.60. The molecule has 4 rings (SSSR count). The molecule has 2 saturated heterocycles. The van der Waals surface area contributed by atoms with Crippen molar-refractivity contribution in [2.24, 2.45) is 17.3 Å². The lowest BCUT2D eigenvalue weighted by atomic mass is 9.70. The fraction of sp³-hybridized carbons (Fsp3) is 0.625. The minimum Gasteiger partial charge on any atom is -0.383 e. The SMILES string of the molecule is COCCNC(=O)C1CN(c2ccc(C#N)c(C(F)(F)F)c2)CC12CCN(C(=O)C1CC1)CC2. The molecule has 34 heavy (non-hydrogen) atoms. The summed E-state index contributed by atoms with van der Waals surface area (Å²) in [4.78, 5) is 29.3. The standard InChI is InChI=1S/C24H29F3N4O3/c1-34-11-8-29-21(32)20-14-31(18-5-4-17(13-28)19(12-18)24(25,26)27)15-23(20)6-9-30(10-7-23)22(33)16-2-3-16/h4-5,12,16,20H,2-3,6-11,14-15H2,1H3,(H,29,32). The van der Waals surface area contributed by atoms with E-state index in [2.05, 4.69) is 5.32 Å². The number of anilines is 1. The molecule has 0 bridgehead atoms. The molecule has 0 aromatic heterocycles. The Morgan fingerprint density at radius 1 is 1.26 bits per heavy atom. The Labute approximate surface area is 196 Å². The molecule has 184 valence electrons. The van der Waals surface area contributed by atoms with E-state index in [4.69, 9.17) is 10.00 Å². The molecule has 0 radical (unpaired) electrons. The molecule has 2 amide bonds. The average molecular weight is 479 g/mol. The molecule has 2 aliphatic heterocycles. The van der Waals surface area contributed by atoms with E-state index >= 15 is 0 Å². The number of nitrogens with zero attached hydrogens (tertiary/aromatic N) is 3. The van der Waals surface area contributed by atoms with E-state index in [9.17, 15) is 22.8 Å². The van der Waals surface area contributed by atoms with E-state index in [1.54, 1.807) is 13.2 Å². The number of methoxy groups -OCH3 is 1. The summed E-state index contributed by atoms with van der Waals surface area (Å²) in [7, 11) is 1.54. The summed E-state index contributed by atoms with van der Waals surface area (Å²) < 4.78 is 45.6. The summed E-state index contributed by atoms with van der Waals surface area (Å²) in [5.41, 5.74) is -1.50. The second-order valence-electron chi connectivity index (χ2n) is 9.52. The van der Waals surface area contributed by atoms with Crippen molar-refractivity contribution in [2.75, 3.05) is 51.3 Å². The molecule has 1 aliphatic carbocycles. The Morgan fingerprint density at radius 2 is 1.97 bits per heavy atom. The number of rotatable bonds is 6. The molecule has 1 aromatic carbocycles. The van der Waals surface area contributed by atoms with Crippen LogP contribution >= 0.6 is 0 Å². The number of likely N-dealkylation sites (tertiary alicyclic amines) is 1. The third-order valence-corrected chi connectivity index (χ3v) is 7.36. The molecule has 3 fully saturated rings. The molecule has 1 atom stereocenters. The summed E-state index contributed by atoms with van der Waals surface area (Å²) in [6.07, 6.45) is -1.55. The van der Waals surface area contributed by atoms with Gasteiger partial charge in [0.2, 0.25) is 11.8 Å². The van der Waals surface area contributed by atoms with Crippen molar-refractivity contribution in [3.63, 3.8) is 0 Å². The van der Waals surface area contributed by atoms with Crippen LogP contribution in [-0.2, 0) is 20.5 Å². The lowest BCUT2D eigenvalue weighted by Crippen LogP contribution is -2.50. The van der Waals surface area contributed by atoms with Crippen LogP contribution in [0.2, 0.25) is 0 Å². The van der Waals surface area contributed by atoms with Crippen LogP contribution in [0, 0.1) is 28.6 Å². The van der Waals surface area contributed by atoms with Gasteiger partial charge >= 0.3 is 6.18 Å². The number of halogens is 3. The van der Waals surface area contributed by atoms with E-state index in [1.807, 2.05) is 9.80 Å². The molecule has 1 saturated carbocycles. The van der Waals surface area contributed by atoms with Crippen molar-refractivity contribution in [3.8, 4) is 6.07 Å². The van der Waals surface area contributed by atoms with Gasteiger partial charge in [-0.05, 0) is 43.9 Å². The number of nitrogens with one attached hydrogen (secondary N) is 1. The Morgan fingerprint density at radius 3 is 2.56 bits per heavy atom. The molecule has 1 N–H and O–H groups in total. The van der Waals surface area contributed by atoms with Gasteiger partial charge in [0.15, 0.2) is 0 Å². The van der Waals surface area contributed by atoms with Gasteiger partial charge in [0.25, 0.3) is 0 Å². The van der Waals surface area contributed by atoms with Crippen LogP contribution in [0.4, 0.5) is 18.9 Å². The lowest BCUT2D eigenvalue weighted by molar-refractivity contribution is -0.138. The first-order chi connectivity index (χ1) is 16.2. The van der Waals surface area contributed by atoms with Crippen molar-refractivity contribution in [1.29, 1.82) is 5.26 Å². The van der Waals surface area contributed by atoms with Gasteiger partial charge in [-0.2, -0.15) is 18.4 Å². The number of hydrogen-bond donors (Lipinski definition) is 1. The zero-order valence-corrected chi connectivity index (χ0v) is 19.2. The van der Waals surface area contributed by atoms with Crippen molar-refractivity contribution >= 4 is 17.5 Å². The Bertz CT molecular complexity index is 979. The normalized spacial score (nSPS) is 22.0. The van der Waals surface area contributed by atoms with Gasteiger partial charge < -0.3 is 19.9 Å². The third-order valence-electron chi connectivity index (χ3n) is 7.36. The number of alkyl halides is 3. The van der Waals surface area contributed by atoms with Gasteiger partial charge in [-0.25, -0.2) is 0 Å². The van der Waals surface area contributed by atoms with Gasteiger partial charge in [0, 0.05) is 56.9 Å². The second kappa shape index (κ2) is 9.45. The summed E-state index contributed by atoms with van der Waals surface area (Å²) in [5, 5.41) is 12.0. The number of carbonyl (C=O) groups is 2. The maximum Gasteiger partial charge on any atom is 0.417 e. The first-order valence-corrected chi connectivity index (χ1v) is 11.6. The molecule has 1 aromatic rings. The number of amides is 2. The number of hydrogen-bond acceptors (Lipinski definition) is 5. The van der Waals surface area contributed by atoms with Crippen LogP contribution in [0.5, 0.6) is 0 Å². The molecule has 10 heteroatoms. The van der Waals surface area contributed by atoms with Crippen LogP contribution in [0.1, 0.15) is 36.8 Å².